The Balaban J connectivity index is 1.76. The smallest absolute Gasteiger partial charge is 0.261 e. The van der Waals surface area contributed by atoms with Crippen LogP contribution in [-0.2, 0) is 0 Å². The zero-order valence-electron chi connectivity index (χ0n) is 12.6. The third kappa shape index (κ3) is 2.88. The van der Waals surface area contributed by atoms with Crippen LogP contribution in [0, 0.1) is 18.7 Å². The van der Waals surface area contributed by atoms with Crippen molar-refractivity contribution in [2.24, 2.45) is 5.92 Å². The number of hydrogen-bond acceptors (Lipinski definition) is 3. The lowest BCUT2D eigenvalue weighted by atomic mass is 9.86. The predicted octanol–water partition coefficient (Wildman–Crippen LogP) is 3.63. The number of nitrogens with one attached hydrogen (secondary N) is 1. The lowest BCUT2D eigenvalue weighted by Gasteiger charge is -2.27. The van der Waals surface area contributed by atoms with Gasteiger partial charge >= 0.3 is 0 Å². The highest BCUT2D eigenvalue weighted by atomic mass is 32.1. The van der Waals surface area contributed by atoms with Crippen LogP contribution in [0.25, 0.3) is 10.1 Å². The zero-order chi connectivity index (χ0) is 15.7. The van der Waals surface area contributed by atoms with Gasteiger partial charge in [0.25, 0.3) is 5.91 Å². The first kappa shape index (κ1) is 15.4. The molecular formula is C17H20FNO2S. The number of rotatable bonds is 3. The van der Waals surface area contributed by atoms with Crippen molar-refractivity contribution in [1.29, 1.82) is 0 Å². The summed E-state index contributed by atoms with van der Waals surface area (Å²) in [6.07, 6.45) is 3.69. The van der Waals surface area contributed by atoms with E-state index in [1.54, 1.807) is 13.0 Å². The molecule has 1 aromatic carbocycles. The number of carbonyl (C=O) groups is 1. The molecule has 0 atom stereocenters. The van der Waals surface area contributed by atoms with Crippen LogP contribution >= 0.6 is 11.3 Å². The molecule has 0 spiro atoms. The van der Waals surface area contributed by atoms with Gasteiger partial charge in [0, 0.05) is 22.7 Å². The normalized spacial score (nSPS) is 22.0. The monoisotopic (exact) mass is 321 g/mol. The summed E-state index contributed by atoms with van der Waals surface area (Å²) < 4.78 is 14.7. The first-order valence-electron chi connectivity index (χ1n) is 7.69. The Morgan fingerprint density at radius 3 is 2.73 bits per heavy atom. The fourth-order valence-corrected chi connectivity index (χ4v) is 4.34. The summed E-state index contributed by atoms with van der Waals surface area (Å²) in [6.45, 7) is 2.04. The number of amides is 1. The molecule has 5 heteroatoms. The van der Waals surface area contributed by atoms with Gasteiger partial charge in [-0.1, -0.05) is 6.07 Å². The maximum Gasteiger partial charge on any atom is 0.261 e. The lowest BCUT2D eigenvalue weighted by Crippen LogP contribution is -2.38. The Bertz CT molecular complexity index is 689. The molecule has 0 unspecified atom stereocenters. The van der Waals surface area contributed by atoms with Crippen molar-refractivity contribution < 1.29 is 14.3 Å². The van der Waals surface area contributed by atoms with Crippen LogP contribution in [0.15, 0.2) is 18.2 Å². The molecule has 3 rings (SSSR count). The Kier molecular flexibility index (Phi) is 4.45. The van der Waals surface area contributed by atoms with E-state index in [1.165, 1.54) is 17.4 Å². The van der Waals surface area contributed by atoms with Crippen LogP contribution in [0.4, 0.5) is 4.39 Å². The predicted molar refractivity (Wildman–Crippen MR) is 86.8 cm³/mol. The molecule has 1 heterocycles. The largest absolute Gasteiger partial charge is 0.396 e. The van der Waals surface area contributed by atoms with E-state index in [0.717, 1.165) is 35.9 Å². The van der Waals surface area contributed by atoms with Gasteiger partial charge in [0.15, 0.2) is 0 Å². The molecule has 2 aromatic rings. The van der Waals surface area contributed by atoms with Gasteiger partial charge < -0.3 is 10.4 Å². The Morgan fingerprint density at radius 1 is 1.36 bits per heavy atom. The van der Waals surface area contributed by atoms with E-state index >= 15 is 0 Å². The first-order valence-corrected chi connectivity index (χ1v) is 8.51. The molecule has 3 nitrogen and oxygen atoms in total. The number of aliphatic hydroxyl groups excluding tert-OH is 1. The zero-order valence-corrected chi connectivity index (χ0v) is 13.4. The van der Waals surface area contributed by atoms with Gasteiger partial charge in [0.05, 0.1) is 4.88 Å². The van der Waals surface area contributed by atoms with E-state index in [-0.39, 0.29) is 24.4 Å². The fraction of sp³-hybridized carbons (Fsp3) is 0.471. The number of fused-ring (bicyclic) bond motifs is 1. The van der Waals surface area contributed by atoms with Crippen LogP contribution in [0.1, 0.15) is 40.9 Å². The molecule has 1 aliphatic carbocycles. The van der Waals surface area contributed by atoms with Gasteiger partial charge in [-0.3, -0.25) is 4.79 Å². The Labute approximate surface area is 133 Å². The SMILES string of the molecule is Cc1c(C(=O)NC2CCC(CO)CC2)sc2cccc(F)c12. The second-order valence-corrected chi connectivity index (χ2v) is 7.10. The number of carbonyl (C=O) groups excluding carboxylic acids is 1. The van der Waals surface area contributed by atoms with Crippen molar-refractivity contribution in [3.63, 3.8) is 0 Å². The lowest BCUT2D eigenvalue weighted by molar-refractivity contribution is 0.0917. The third-order valence-electron chi connectivity index (χ3n) is 4.55. The molecule has 0 bridgehead atoms. The molecule has 2 N–H and O–H groups in total. The minimum Gasteiger partial charge on any atom is -0.396 e. The van der Waals surface area contributed by atoms with E-state index in [9.17, 15) is 9.18 Å². The molecule has 1 amide bonds. The Hall–Kier alpha value is -1.46. The molecule has 1 fully saturated rings. The van der Waals surface area contributed by atoms with Crippen LogP contribution in [0.5, 0.6) is 0 Å². The maximum atomic E-state index is 13.9. The number of hydrogen-bond donors (Lipinski definition) is 2. The van der Waals surface area contributed by atoms with Gasteiger partial charge in [-0.25, -0.2) is 4.39 Å². The average Bonchev–Trinajstić information content (AvgIpc) is 2.86. The number of benzene rings is 1. The van der Waals surface area contributed by atoms with Gasteiger partial charge in [-0.05, 0) is 56.2 Å². The number of thiophene rings is 1. The van der Waals surface area contributed by atoms with E-state index < -0.39 is 0 Å². The standard InChI is InChI=1S/C17H20FNO2S/c1-10-15-13(18)3-2-4-14(15)22-16(10)17(21)19-12-7-5-11(9-20)6-8-12/h2-4,11-12,20H,5-9H2,1H3,(H,19,21). The molecule has 22 heavy (non-hydrogen) atoms. The quantitative estimate of drug-likeness (QED) is 0.907. The maximum absolute atomic E-state index is 13.9. The molecule has 1 saturated carbocycles. The molecule has 0 saturated heterocycles. The minimum atomic E-state index is -0.270. The van der Waals surface area contributed by atoms with Crippen molar-refractivity contribution in [1.82, 2.24) is 5.32 Å². The van der Waals surface area contributed by atoms with E-state index in [1.807, 2.05) is 6.07 Å². The molecule has 118 valence electrons. The van der Waals surface area contributed by atoms with Crippen LogP contribution < -0.4 is 5.32 Å². The average molecular weight is 321 g/mol. The molecule has 1 aromatic heterocycles. The van der Waals surface area contributed by atoms with Gasteiger partial charge in [0.2, 0.25) is 0 Å². The number of halogens is 1. The van der Waals surface area contributed by atoms with Gasteiger partial charge in [-0.2, -0.15) is 0 Å². The summed E-state index contributed by atoms with van der Waals surface area (Å²) in [6, 6.07) is 5.11. The second kappa shape index (κ2) is 6.34. The first-order chi connectivity index (χ1) is 10.6. The van der Waals surface area contributed by atoms with Crippen molar-refractivity contribution in [3.8, 4) is 0 Å². The highest BCUT2D eigenvalue weighted by molar-refractivity contribution is 7.21. The fourth-order valence-electron chi connectivity index (χ4n) is 3.21. The summed E-state index contributed by atoms with van der Waals surface area (Å²) in [4.78, 5) is 13.1. The number of aryl methyl sites for hydroxylation is 1. The minimum absolute atomic E-state index is 0.106. The third-order valence-corrected chi connectivity index (χ3v) is 5.81. The van der Waals surface area contributed by atoms with Crippen molar-refractivity contribution >= 4 is 27.3 Å². The number of aliphatic hydroxyl groups is 1. The van der Waals surface area contributed by atoms with Crippen molar-refractivity contribution in [2.45, 2.75) is 38.6 Å². The topological polar surface area (TPSA) is 49.3 Å². The van der Waals surface area contributed by atoms with E-state index in [0.29, 0.717) is 16.2 Å². The van der Waals surface area contributed by atoms with E-state index in [4.69, 9.17) is 5.11 Å². The highest BCUT2D eigenvalue weighted by Gasteiger charge is 2.24. The summed E-state index contributed by atoms with van der Waals surface area (Å²) in [7, 11) is 0. The second-order valence-electron chi connectivity index (χ2n) is 6.04. The van der Waals surface area contributed by atoms with E-state index in [2.05, 4.69) is 5.32 Å². The molecule has 0 aliphatic heterocycles. The Morgan fingerprint density at radius 2 is 2.09 bits per heavy atom. The summed E-state index contributed by atoms with van der Waals surface area (Å²) in [5.74, 6) is -0.00684. The van der Waals surface area contributed by atoms with Crippen LogP contribution in [0.2, 0.25) is 0 Å². The van der Waals surface area contributed by atoms with Gasteiger partial charge in [-0.15, -0.1) is 11.3 Å². The van der Waals surface area contributed by atoms with Crippen molar-refractivity contribution in [3.05, 3.63) is 34.5 Å². The highest BCUT2D eigenvalue weighted by Crippen LogP contribution is 2.33. The summed E-state index contributed by atoms with van der Waals surface area (Å²) in [5.41, 5.74) is 0.722. The van der Waals surface area contributed by atoms with Crippen molar-refractivity contribution in [2.75, 3.05) is 6.61 Å². The molecule has 0 radical (unpaired) electrons. The summed E-state index contributed by atoms with van der Waals surface area (Å²) in [5, 5.41) is 12.8. The van der Waals surface area contributed by atoms with Crippen LogP contribution in [-0.4, -0.2) is 23.7 Å². The molecular weight excluding hydrogens is 301 g/mol. The van der Waals surface area contributed by atoms with Crippen LogP contribution in [0.3, 0.4) is 0 Å². The summed E-state index contributed by atoms with van der Waals surface area (Å²) >= 11 is 1.35. The molecule has 1 aliphatic rings. The van der Waals surface area contributed by atoms with Gasteiger partial charge in [0.1, 0.15) is 5.82 Å².